The van der Waals surface area contributed by atoms with Gasteiger partial charge in [-0.25, -0.2) is 4.98 Å². The minimum absolute atomic E-state index is 1.14. The minimum atomic E-state index is 1.14. The highest BCUT2D eigenvalue weighted by atomic mass is 32.2. The smallest absolute Gasteiger partial charge is 0.275 e. The Morgan fingerprint density at radius 1 is 1.29 bits per heavy atom. The SMILES string of the molecule is CC[NH+]1CCN(c2cc(C)c3cccc(SC)c3[nH+]2)CC1. The number of thioether (sulfide) groups is 1. The summed E-state index contributed by atoms with van der Waals surface area (Å²) < 4.78 is 0. The Hall–Kier alpha value is -1.26. The maximum atomic E-state index is 3.69. The van der Waals surface area contributed by atoms with Crippen LogP contribution in [-0.4, -0.2) is 39.0 Å². The first-order valence-electron chi connectivity index (χ1n) is 7.81. The van der Waals surface area contributed by atoms with Crippen molar-refractivity contribution < 1.29 is 9.88 Å². The van der Waals surface area contributed by atoms with Gasteiger partial charge < -0.3 is 4.90 Å². The number of benzene rings is 1. The number of aryl methyl sites for hydroxylation is 1. The lowest BCUT2D eigenvalue weighted by atomic mass is 10.1. The number of aromatic nitrogens is 1. The zero-order chi connectivity index (χ0) is 14.8. The summed E-state index contributed by atoms with van der Waals surface area (Å²) in [6.07, 6.45) is 2.15. The fraction of sp³-hybridized carbons (Fsp3) is 0.471. The maximum absolute atomic E-state index is 3.69. The zero-order valence-corrected chi connectivity index (χ0v) is 14.0. The van der Waals surface area contributed by atoms with Crippen LogP contribution in [0.4, 0.5) is 5.82 Å². The van der Waals surface area contributed by atoms with Crippen LogP contribution in [0.1, 0.15) is 12.5 Å². The Kier molecular flexibility index (Phi) is 4.36. The van der Waals surface area contributed by atoms with Crippen molar-refractivity contribution >= 4 is 28.5 Å². The molecule has 2 N–H and O–H groups in total. The quantitative estimate of drug-likeness (QED) is 0.866. The summed E-state index contributed by atoms with van der Waals surface area (Å²) in [5.74, 6) is 1.27. The van der Waals surface area contributed by atoms with Crippen molar-refractivity contribution in [3.63, 3.8) is 0 Å². The molecule has 1 aromatic heterocycles. The lowest BCUT2D eigenvalue weighted by Crippen LogP contribution is -3.14. The van der Waals surface area contributed by atoms with Crippen LogP contribution in [-0.2, 0) is 0 Å². The van der Waals surface area contributed by atoms with E-state index in [9.17, 15) is 0 Å². The molecule has 1 aliphatic heterocycles. The van der Waals surface area contributed by atoms with Gasteiger partial charge in [-0.05, 0) is 31.7 Å². The Morgan fingerprint density at radius 3 is 2.71 bits per heavy atom. The molecule has 2 aromatic rings. The van der Waals surface area contributed by atoms with Gasteiger partial charge in [0.05, 0.1) is 11.4 Å². The number of nitrogens with zero attached hydrogens (tertiary/aromatic N) is 1. The molecule has 3 rings (SSSR count). The van der Waals surface area contributed by atoms with Gasteiger partial charge in [-0.1, -0.05) is 12.1 Å². The molecule has 0 spiro atoms. The number of hydrogen-bond donors (Lipinski definition) is 1. The van der Waals surface area contributed by atoms with E-state index in [0.717, 1.165) is 13.1 Å². The first kappa shape index (κ1) is 14.7. The number of fused-ring (bicyclic) bond motifs is 1. The van der Waals surface area contributed by atoms with Crippen molar-refractivity contribution in [1.29, 1.82) is 0 Å². The Balaban J connectivity index is 1.97. The average Bonchev–Trinajstić information content (AvgIpc) is 2.54. The second-order valence-corrected chi connectivity index (χ2v) is 6.66. The topological polar surface area (TPSA) is 21.8 Å². The second kappa shape index (κ2) is 6.24. The van der Waals surface area contributed by atoms with Gasteiger partial charge in [-0.3, -0.25) is 4.90 Å². The average molecular weight is 303 g/mol. The third kappa shape index (κ3) is 2.87. The molecular weight excluding hydrogens is 278 g/mol. The Bertz CT molecular complexity index is 633. The number of pyridine rings is 1. The highest BCUT2D eigenvalue weighted by molar-refractivity contribution is 7.98. The Labute approximate surface area is 131 Å². The number of hydrogen-bond acceptors (Lipinski definition) is 2. The molecule has 0 radical (unpaired) electrons. The molecule has 0 amide bonds. The van der Waals surface area contributed by atoms with Gasteiger partial charge in [0.25, 0.3) is 5.82 Å². The van der Waals surface area contributed by atoms with E-state index in [4.69, 9.17) is 0 Å². The summed E-state index contributed by atoms with van der Waals surface area (Å²) >= 11 is 1.81. The molecule has 4 heteroatoms. The molecule has 112 valence electrons. The molecule has 21 heavy (non-hydrogen) atoms. The highest BCUT2D eigenvalue weighted by Gasteiger charge is 2.26. The van der Waals surface area contributed by atoms with E-state index >= 15 is 0 Å². The molecule has 0 unspecified atom stereocenters. The fourth-order valence-electron chi connectivity index (χ4n) is 3.19. The van der Waals surface area contributed by atoms with Crippen molar-refractivity contribution in [2.75, 3.05) is 43.9 Å². The van der Waals surface area contributed by atoms with Crippen molar-refractivity contribution in [3.05, 3.63) is 29.8 Å². The number of likely N-dealkylation sites (N-methyl/N-ethyl adjacent to an activating group) is 1. The number of piperazine rings is 1. The number of anilines is 1. The molecule has 3 nitrogen and oxygen atoms in total. The summed E-state index contributed by atoms with van der Waals surface area (Å²) in [5.41, 5.74) is 2.64. The molecule has 1 fully saturated rings. The zero-order valence-electron chi connectivity index (χ0n) is 13.2. The maximum Gasteiger partial charge on any atom is 0.275 e. The monoisotopic (exact) mass is 303 g/mol. The van der Waals surface area contributed by atoms with Gasteiger partial charge in [0.15, 0.2) is 0 Å². The summed E-state index contributed by atoms with van der Waals surface area (Å²) in [5, 5.41) is 1.34. The van der Waals surface area contributed by atoms with Crippen LogP contribution in [0.15, 0.2) is 29.2 Å². The van der Waals surface area contributed by atoms with Gasteiger partial charge in [0, 0.05) is 11.5 Å². The van der Waals surface area contributed by atoms with Crippen LogP contribution in [0.25, 0.3) is 10.9 Å². The number of quaternary nitrogens is 1. The summed E-state index contributed by atoms with van der Waals surface area (Å²) in [7, 11) is 0. The third-order valence-electron chi connectivity index (χ3n) is 4.59. The van der Waals surface area contributed by atoms with Crippen LogP contribution in [0, 0.1) is 6.92 Å². The molecule has 1 saturated heterocycles. The summed E-state index contributed by atoms with van der Waals surface area (Å²) in [6, 6.07) is 8.87. The number of aromatic amines is 1. The van der Waals surface area contributed by atoms with E-state index in [0.29, 0.717) is 0 Å². The van der Waals surface area contributed by atoms with Crippen molar-refractivity contribution in [1.82, 2.24) is 0 Å². The van der Waals surface area contributed by atoms with Crippen molar-refractivity contribution in [3.8, 4) is 0 Å². The van der Waals surface area contributed by atoms with Gasteiger partial charge in [0.2, 0.25) is 0 Å². The first-order valence-corrected chi connectivity index (χ1v) is 9.03. The van der Waals surface area contributed by atoms with Gasteiger partial charge in [0.1, 0.15) is 31.7 Å². The van der Waals surface area contributed by atoms with Gasteiger partial charge in [-0.15, -0.1) is 11.8 Å². The molecule has 2 heterocycles. The number of H-pyrrole nitrogens is 1. The second-order valence-electron chi connectivity index (χ2n) is 5.81. The standard InChI is InChI=1S/C17H23N3S/c1-4-19-8-10-20(11-9-19)16-12-13(2)14-6-5-7-15(21-3)17(14)18-16/h5-7,12H,4,8-11H2,1-3H3/p+2. The van der Waals surface area contributed by atoms with Crippen LogP contribution in [0.5, 0.6) is 0 Å². The molecule has 0 bridgehead atoms. The predicted molar refractivity (Wildman–Crippen MR) is 90.5 cm³/mol. The summed E-state index contributed by atoms with van der Waals surface area (Å²) in [4.78, 5) is 9.23. The minimum Gasteiger partial charge on any atom is -0.329 e. The molecule has 1 aliphatic rings. The van der Waals surface area contributed by atoms with E-state index in [1.54, 1.807) is 4.90 Å². The Morgan fingerprint density at radius 2 is 2.05 bits per heavy atom. The van der Waals surface area contributed by atoms with Crippen molar-refractivity contribution in [2.45, 2.75) is 18.7 Å². The molecule has 0 saturated carbocycles. The van der Waals surface area contributed by atoms with E-state index < -0.39 is 0 Å². The van der Waals surface area contributed by atoms with Crippen LogP contribution < -0.4 is 14.8 Å². The number of nitrogens with one attached hydrogen (secondary N) is 2. The van der Waals surface area contributed by atoms with Crippen LogP contribution in [0.2, 0.25) is 0 Å². The lowest BCUT2D eigenvalue weighted by molar-refractivity contribution is -0.898. The first-order chi connectivity index (χ1) is 10.2. The fourth-order valence-corrected chi connectivity index (χ4v) is 3.77. The third-order valence-corrected chi connectivity index (χ3v) is 5.37. The van der Waals surface area contributed by atoms with E-state index in [1.165, 1.54) is 46.8 Å². The van der Waals surface area contributed by atoms with E-state index in [2.05, 4.69) is 54.3 Å². The lowest BCUT2D eigenvalue weighted by Gasteiger charge is -2.27. The normalized spacial score (nSPS) is 16.6. The van der Waals surface area contributed by atoms with Crippen LogP contribution in [0.3, 0.4) is 0 Å². The summed E-state index contributed by atoms with van der Waals surface area (Å²) in [6.45, 7) is 10.5. The number of para-hydroxylation sites is 1. The molecule has 0 aliphatic carbocycles. The molecule has 1 aromatic carbocycles. The highest BCUT2D eigenvalue weighted by Crippen LogP contribution is 2.26. The van der Waals surface area contributed by atoms with E-state index in [1.807, 2.05) is 11.8 Å². The van der Waals surface area contributed by atoms with Gasteiger partial charge in [-0.2, -0.15) is 0 Å². The van der Waals surface area contributed by atoms with Gasteiger partial charge >= 0.3 is 0 Å². The number of rotatable bonds is 3. The van der Waals surface area contributed by atoms with Crippen LogP contribution >= 0.6 is 11.8 Å². The van der Waals surface area contributed by atoms with E-state index in [-0.39, 0.29) is 0 Å². The molecule has 0 atom stereocenters. The molecular formula is C17H25N3S+2. The van der Waals surface area contributed by atoms with Crippen molar-refractivity contribution in [2.24, 2.45) is 0 Å². The largest absolute Gasteiger partial charge is 0.329 e. The predicted octanol–water partition coefficient (Wildman–Crippen LogP) is 1.41.